The minimum atomic E-state index is 0.541. The van der Waals surface area contributed by atoms with Crippen molar-refractivity contribution in [1.29, 1.82) is 0 Å². The molecule has 1 fully saturated rings. The van der Waals surface area contributed by atoms with Crippen molar-refractivity contribution in [2.75, 3.05) is 18.8 Å². The molecule has 102 valence electrons. The lowest BCUT2D eigenvalue weighted by Gasteiger charge is -2.31. The summed E-state index contributed by atoms with van der Waals surface area (Å²) in [5, 5.41) is 4.60. The van der Waals surface area contributed by atoms with Crippen molar-refractivity contribution in [1.82, 2.24) is 10.3 Å². The second-order valence-electron chi connectivity index (χ2n) is 5.66. The fraction of sp³-hybridized carbons (Fsp3) is 0.600. The van der Waals surface area contributed by atoms with Crippen LogP contribution in [0.4, 0.5) is 0 Å². The SMILES string of the molecule is c1cncc(CCNC2=NCC3(CCCC3)CS2)c1. The normalized spacial score (nSPS) is 21.4. The Bertz CT molecular complexity index is 438. The van der Waals surface area contributed by atoms with Crippen LogP contribution in [0, 0.1) is 5.41 Å². The highest BCUT2D eigenvalue weighted by molar-refractivity contribution is 8.13. The number of aliphatic imine (C=N–C) groups is 1. The smallest absolute Gasteiger partial charge is 0.156 e. The van der Waals surface area contributed by atoms with Crippen LogP contribution in [-0.4, -0.2) is 29.0 Å². The van der Waals surface area contributed by atoms with Crippen LogP contribution in [0.25, 0.3) is 0 Å². The van der Waals surface area contributed by atoms with E-state index in [2.05, 4.69) is 16.4 Å². The Balaban J connectivity index is 1.45. The minimum Gasteiger partial charge on any atom is -0.365 e. The van der Waals surface area contributed by atoms with Gasteiger partial charge in [0.05, 0.1) is 0 Å². The van der Waals surface area contributed by atoms with Crippen LogP contribution < -0.4 is 5.32 Å². The Morgan fingerprint density at radius 2 is 2.21 bits per heavy atom. The monoisotopic (exact) mass is 275 g/mol. The predicted octanol–water partition coefficient (Wildman–Crippen LogP) is 2.88. The van der Waals surface area contributed by atoms with Gasteiger partial charge in [-0.05, 0) is 36.3 Å². The van der Waals surface area contributed by atoms with Gasteiger partial charge in [-0.1, -0.05) is 30.7 Å². The summed E-state index contributed by atoms with van der Waals surface area (Å²) < 4.78 is 0. The van der Waals surface area contributed by atoms with Crippen molar-refractivity contribution in [2.45, 2.75) is 32.1 Å². The van der Waals surface area contributed by atoms with E-state index in [0.29, 0.717) is 5.41 Å². The van der Waals surface area contributed by atoms with E-state index in [1.165, 1.54) is 37.0 Å². The molecule has 4 heteroatoms. The summed E-state index contributed by atoms with van der Waals surface area (Å²) >= 11 is 1.92. The van der Waals surface area contributed by atoms with Gasteiger partial charge in [-0.25, -0.2) is 0 Å². The first-order valence-corrected chi connectivity index (χ1v) is 8.15. The van der Waals surface area contributed by atoms with E-state index in [9.17, 15) is 0 Å². The van der Waals surface area contributed by atoms with Gasteiger partial charge in [0, 0.05) is 31.2 Å². The van der Waals surface area contributed by atoms with E-state index in [4.69, 9.17) is 4.99 Å². The average molecular weight is 275 g/mol. The number of pyridine rings is 1. The molecule has 3 nitrogen and oxygen atoms in total. The van der Waals surface area contributed by atoms with Crippen molar-refractivity contribution in [2.24, 2.45) is 10.4 Å². The first-order chi connectivity index (χ1) is 9.36. The van der Waals surface area contributed by atoms with Gasteiger partial charge in [-0.15, -0.1) is 0 Å². The molecule has 1 aromatic heterocycles. The second-order valence-corrected chi connectivity index (χ2v) is 6.62. The van der Waals surface area contributed by atoms with Gasteiger partial charge in [-0.3, -0.25) is 9.98 Å². The summed E-state index contributed by atoms with van der Waals surface area (Å²) in [6.07, 6.45) is 10.3. The Labute approximate surface area is 119 Å². The first-order valence-electron chi connectivity index (χ1n) is 7.16. The lowest BCUT2D eigenvalue weighted by molar-refractivity contribution is 0.358. The third kappa shape index (κ3) is 3.30. The topological polar surface area (TPSA) is 37.3 Å². The number of hydrogen-bond acceptors (Lipinski definition) is 4. The summed E-state index contributed by atoms with van der Waals surface area (Å²) in [5.74, 6) is 1.26. The van der Waals surface area contributed by atoms with Gasteiger partial charge in [-0.2, -0.15) is 0 Å². The quantitative estimate of drug-likeness (QED) is 0.921. The highest BCUT2D eigenvalue weighted by atomic mass is 32.2. The number of rotatable bonds is 3. The van der Waals surface area contributed by atoms with Crippen molar-refractivity contribution in [3.63, 3.8) is 0 Å². The summed E-state index contributed by atoms with van der Waals surface area (Å²) in [4.78, 5) is 8.88. The van der Waals surface area contributed by atoms with Crippen LogP contribution in [-0.2, 0) is 6.42 Å². The van der Waals surface area contributed by atoms with Crippen molar-refractivity contribution in [3.8, 4) is 0 Å². The number of amidine groups is 1. The number of thioether (sulfide) groups is 1. The lowest BCUT2D eigenvalue weighted by atomic mass is 9.89. The van der Waals surface area contributed by atoms with E-state index in [1.807, 2.05) is 30.2 Å². The van der Waals surface area contributed by atoms with Crippen LogP contribution in [0.1, 0.15) is 31.2 Å². The van der Waals surface area contributed by atoms with Crippen LogP contribution in [0.3, 0.4) is 0 Å². The maximum atomic E-state index is 4.75. The molecule has 3 rings (SSSR count). The van der Waals surface area contributed by atoms with Crippen LogP contribution in [0.15, 0.2) is 29.5 Å². The summed E-state index contributed by atoms with van der Waals surface area (Å²) in [5.41, 5.74) is 1.82. The highest BCUT2D eigenvalue weighted by Gasteiger charge is 2.36. The van der Waals surface area contributed by atoms with Crippen molar-refractivity contribution < 1.29 is 0 Å². The molecule has 0 unspecified atom stereocenters. The van der Waals surface area contributed by atoms with Crippen LogP contribution in [0.2, 0.25) is 0 Å². The number of nitrogens with zero attached hydrogens (tertiary/aromatic N) is 2. The largest absolute Gasteiger partial charge is 0.365 e. The molecule has 2 heterocycles. The molecule has 0 saturated heterocycles. The summed E-state index contributed by atoms with van der Waals surface area (Å²) in [6, 6.07) is 4.12. The molecule has 1 aromatic rings. The van der Waals surface area contributed by atoms with E-state index in [-0.39, 0.29) is 0 Å². The standard InChI is InChI=1S/C15H21N3S/c1-2-7-15(6-1)11-18-14(19-12-15)17-9-5-13-4-3-8-16-10-13/h3-4,8,10H,1-2,5-7,9,11-12H2,(H,17,18). The molecule has 1 aliphatic heterocycles. The molecule has 0 aromatic carbocycles. The average Bonchev–Trinajstić information content (AvgIpc) is 2.91. The Morgan fingerprint density at radius 3 is 2.89 bits per heavy atom. The molecule has 0 bridgehead atoms. The summed E-state index contributed by atoms with van der Waals surface area (Å²) in [6.45, 7) is 1.99. The lowest BCUT2D eigenvalue weighted by Crippen LogP contribution is -2.34. The number of hydrogen-bond donors (Lipinski definition) is 1. The fourth-order valence-corrected chi connectivity index (χ4v) is 4.13. The van der Waals surface area contributed by atoms with Crippen molar-refractivity contribution in [3.05, 3.63) is 30.1 Å². The molecule has 2 aliphatic rings. The second kappa shape index (κ2) is 5.95. The molecular weight excluding hydrogens is 254 g/mol. The van der Waals surface area contributed by atoms with E-state index in [1.54, 1.807) is 0 Å². The maximum Gasteiger partial charge on any atom is 0.156 e. The highest BCUT2D eigenvalue weighted by Crippen LogP contribution is 2.43. The third-order valence-electron chi connectivity index (χ3n) is 4.15. The Kier molecular flexibility index (Phi) is 4.06. The van der Waals surface area contributed by atoms with Gasteiger partial charge in [0.1, 0.15) is 0 Å². The third-order valence-corrected chi connectivity index (χ3v) is 5.45. The molecule has 0 atom stereocenters. The summed E-state index contributed by atoms with van der Waals surface area (Å²) in [7, 11) is 0. The molecule has 0 amide bonds. The molecule has 1 N–H and O–H groups in total. The number of aromatic nitrogens is 1. The molecule has 1 aliphatic carbocycles. The van der Waals surface area contributed by atoms with Gasteiger partial charge >= 0.3 is 0 Å². The van der Waals surface area contributed by atoms with Gasteiger partial charge in [0.2, 0.25) is 0 Å². The molecule has 19 heavy (non-hydrogen) atoms. The Morgan fingerprint density at radius 1 is 1.32 bits per heavy atom. The minimum absolute atomic E-state index is 0.541. The van der Waals surface area contributed by atoms with Gasteiger partial charge < -0.3 is 5.32 Å². The van der Waals surface area contributed by atoms with Gasteiger partial charge in [0.25, 0.3) is 0 Å². The molecular formula is C15H21N3S. The first kappa shape index (κ1) is 13.0. The Hall–Kier alpha value is -1.03. The van der Waals surface area contributed by atoms with Crippen LogP contribution in [0.5, 0.6) is 0 Å². The number of nitrogens with one attached hydrogen (secondary N) is 1. The zero-order chi connectivity index (χ0) is 13.0. The molecule has 1 spiro atoms. The maximum absolute atomic E-state index is 4.75. The molecule has 0 radical (unpaired) electrons. The zero-order valence-corrected chi connectivity index (χ0v) is 12.1. The molecule has 1 saturated carbocycles. The van der Waals surface area contributed by atoms with Crippen LogP contribution >= 0.6 is 11.8 Å². The van der Waals surface area contributed by atoms with E-state index >= 15 is 0 Å². The fourth-order valence-electron chi connectivity index (χ4n) is 2.95. The van der Waals surface area contributed by atoms with Gasteiger partial charge in [0.15, 0.2) is 5.17 Å². The zero-order valence-electron chi connectivity index (χ0n) is 11.3. The predicted molar refractivity (Wildman–Crippen MR) is 81.6 cm³/mol. The van der Waals surface area contributed by atoms with E-state index in [0.717, 1.165) is 24.7 Å². The van der Waals surface area contributed by atoms with E-state index < -0.39 is 0 Å². The van der Waals surface area contributed by atoms with Crippen molar-refractivity contribution >= 4 is 16.9 Å².